The largest absolute Gasteiger partial charge is 0.478 e. The van der Waals surface area contributed by atoms with Crippen molar-refractivity contribution in [1.82, 2.24) is 4.90 Å². The van der Waals surface area contributed by atoms with Crippen LogP contribution in [0.4, 0.5) is 5.69 Å². The summed E-state index contributed by atoms with van der Waals surface area (Å²) in [7, 11) is 0. The van der Waals surface area contributed by atoms with Crippen LogP contribution in [0.25, 0.3) is 0 Å². The zero-order valence-corrected chi connectivity index (χ0v) is 12.6. The molecule has 0 aliphatic carbocycles. The highest BCUT2D eigenvalue weighted by molar-refractivity contribution is 5.88. The molecule has 1 N–H and O–H groups in total. The Morgan fingerprint density at radius 3 is 2.67 bits per heavy atom. The number of rotatable bonds is 5. The van der Waals surface area contributed by atoms with E-state index in [1.807, 2.05) is 12.1 Å². The number of likely N-dealkylation sites (tertiary alicyclic amines) is 1. The van der Waals surface area contributed by atoms with E-state index in [0.29, 0.717) is 5.56 Å². The summed E-state index contributed by atoms with van der Waals surface area (Å²) in [6.45, 7) is 5.89. The average molecular weight is 288 g/mol. The van der Waals surface area contributed by atoms with Crippen molar-refractivity contribution in [2.45, 2.75) is 32.1 Å². The van der Waals surface area contributed by atoms with Gasteiger partial charge in [-0.25, -0.2) is 4.79 Å². The first-order valence-electron chi connectivity index (χ1n) is 8.07. The first kappa shape index (κ1) is 14.4. The summed E-state index contributed by atoms with van der Waals surface area (Å²) in [5, 5.41) is 9.10. The van der Waals surface area contributed by atoms with E-state index >= 15 is 0 Å². The Hall–Kier alpha value is -1.55. The highest BCUT2D eigenvalue weighted by Crippen LogP contribution is 2.28. The van der Waals surface area contributed by atoms with Gasteiger partial charge in [-0.1, -0.05) is 0 Å². The molecule has 1 aromatic carbocycles. The zero-order valence-electron chi connectivity index (χ0n) is 12.6. The van der Waals surface area contributed by atoms with Gasteiger partial charge in [0.05, 0.1) is 5.56 Å². The summed E-state index contributed by atoms with van der Waals surface area (Å²) in [4.78, 5) is 16.1. The van der Waals surface area contributed by atoms with Crippen molar-refractivity contribution in [3.8, 4) is 0 Å². The SMILES string of the molecule is O=C(O)c1ccc2c(c1)CCCN2CCCN1CCCC1. The van der Waals surface area contributed by atoms with Gasteiger partial charge in [0.2, 0.25) is 0 Å². The standard InChI is InChI=1S/C17H24N2O2/c20-17(21)15-6-7-16-14(13-15)5-3-11-19(16)12-4-10-18-8-1-2-9-18/h6-7,13H,1-5,8-12H2,(H,20,21). The van der Waals surface area contributed by atoms with Crippen molar-refractivity contribution in [2.24, 2.45) is 0 Å². The Balaban J connectivity index is 1.61. The number of nitrogens with zero attached hydrogens (tertiary/aromatic N) is 2. The van der Waals surface area contributed by atoms with E-state index in [9.17, 15) is 4.79 Å². The van der Waals surface area contributed by atoms with E-state index in [1.165, 1.54) is 50.1 Å². The molecule has 1 saturated heterocycles. The molecule has 0 atom stereocenters. The van der Waals surface area contributed by atoms with Crippen molar-refractivity contribution >= 4 is 11.7 Å². The highest BCUT2D eigenvalue weighted by atomic mass is 16.4. The van der Waals surface area contributed by atoms with Crippen LogP contribution in [-0.4, -0.2) is 48.7 Å². The van der Waals surface area contributed by atoms with E-state index in [0.717, 1.165) is 25.9 Å². The average Bonchev–Trinajstić information content (AvgIpc) is 3.00. The molecule has 0 unspecified atom stereocenters. The van der Waals surface area contributed by atoms with Gasteiger partial charge in [-0.15, -0.1) is 0 Å². The lowest BCUT2D eigenvalue weighted by atomic mass is 9.99. The number of hydrogen-bond donors (Lipinski definition) is 1. The second-order valence-corrected chi connectivity index (χ2v) is 6.14. The predicted molar refractivity (Wildman–Crippen MR) is 84.2 cm³/mol. The molecule has 0 radical (unpaired) electrons. The first-order chi connectivity index (χ1) is 10.2. The summed E-state index contributed by atoms with van der Waals surface area (Å²) >= 11 is 0. The number of benzene rings is 1. The van der Waals surface area contributed by atoms with Crippen LogP contribution in [0.15, 0.2) is 18.2 Å². The Kier molecular flexibility index (Phi) is 4.44. The highest BCUT2D eigenvalue weighted by Gasteiger charge is 2.19. The van der Waals surface area contributed by atoms with Gasteiger partial charge in [-0.05, 0) is 75.5 Å². The number of carbonyl (C=O) groups is 1. The molecule has 2 aliphatic heterocycles. The molecule has 4 nitrogen and oxygen atoms in total. The smallest absolute Gasteiger partial charge is 0.335 e. The monoisotopic (exact) mass is 288 g/mol. The molecule has 114 valence electrons. The zero-order chi connectivity index (χ0) is 14.7. The van der Waals surface area contributed by atoms with Gasteiger partial charge in [-0.3, -0.25) is 0 Å². The molecular formula is C17H24N2O2. The van der Waals surface area contributed by atoms with Crippen LogP contribution >= 0.6 is 0 Å². The second-order valence-electron chi connectivity index (χ2n) is 6.14. The summed E-state index contributed by atoms with van der Waals surface area (Å²) in [5.41, 5.74) is 2.85. The van der Waals surface area contributed by atoms with Gasteiger partial charge in [0, 0.05) is 18.8 Å². The van der Waals surface area contributed by atoms with Gasteiger partial charge in [0.15, 0.2) is 0 Å². The van der Waals surface area contributed by atoms with Crippen molar-refractivity contribution in [3.05, 3.63) is 29.3 Å². The number of carboxylic acids is 1. The van der Waals surface area contributed by atoms with Crippen molar-refractivity contribution in [1.29, 1.82) is 0 Å². The molecule has 2 aliphatic rings. The molecule has 4 heteroatoms. The minimum absolute atomic E-state index is 0.410. The molecule has 2 heterocycles. The van der Waals surface area contributed by atoms with Crippen molar-refractivity contribution in [3.63, 3.8) is 0 Å². The topological polar surface area (TPSA) is 43.8 Å². The molecule has 0 bridgehead atoms. The summed E-state index contributed by atoms with van der Waals surface area (Å²) in [5.74, 6) is -0.830. The summed E-state index contributed by atoms with van der Waals surface area (Å²) < 4.78 is 0. The lowest BCUT2D eigenvalue weighted by molar-refractivity contribution is 0.0697. The molecule has 0 aromatic heterocycles. The fourth-order valence-electron chi connectivity index (χ4n) is 3.53. The summed E-state index contributed by atoms with van der Waals surface area (Å²) in [6.07, 6.45) is 6.02. The van der Waals surface area contributed by atoms with E-state index in [4.69, 9.17) is 5.11 Å². The van der Waals surface area contributed by atoms with Crippen LogP contribution in [0.5, 0.6) is 0 Å². The van der Waals surface area contributed by atoms with Crippen LogP contribution in [0.1, 0.15) is 41.6 Å². The molecular weight excluding hydrogens is 264 g/mol. The number of anilines is 1. The van der Waals surface area contributed by atoms with Gasteiger partial charge < -0.3 is 14.9 Å². The third kappa shape index (κ3) is 3.38. The van der Waals surface area contributed by atoms with Crippen LogP contribution in [0, 0.1) is 0 Å². The van der Waals surface area contributed by atoms with E-state index in [1.54, 1.807) is 6.07 Å². The number of carboxylic acid groups (broad SMARTS) is 1. The predicted octanol–water partition coefficient (Wildman–Crippen LogP) is 2.62. The van der Waals surface area contributed by atoms with Crippen LogP contribution in [-0.2, 0) is 6.42 Å². The third-order valence-electron chi connectivity index (χ3n) is 4.64. The fraction of sp³-hybridized carbons (Fsp3) is 0.588. The van der Waals surface area contributed by atoms with E-state index in [-0.39, 0.29) is 0 Å². The lowest BCUT2D eigenvalue weighted by Gasteiger charge is -2.32. The van der Waals surface area contributed by atoms with Crippen LogP contribution in [0.2, 0.25) is 0 Å². The second kappa shape index (κ2) is 6.48. The van der Waals surface area contributed by atoms with Gasteiger partial charge in [-0.2, -0.15) is 0 Å². The lowest BCUT2D eigenvalue weighted by Crippen LogP contribution is -2.32. The maximum atomic E-state index is 11.1. The van der Waals surface area contributed by atoms with Crippen molar-refractivity contribution < 1.29 is 9.90 Å². The fourth-order valence-corrected chi connectivity index (χ4v) is 3.53. The maximum Gasteiger partial charge on any atom is 0.335 e. The molecule has 0 spiro atoms. The van der Waals surface area contributed by atoms with Gasteiger partial charge >= 0.3 is 5.97 Å². The number of aryl methyl sites for hydroxylation is 1. The number of aromatic carboxylic acids is 1. The van der Waals surface area contributed by atoms with E-state index in [2.05, 4.69) is 9.80 Å². The third-order valence-corrected chi connectivity index (χ3v) is 4.64. The van der Waals surface area contributed by atoms with Crippen LogP contribution in [0.3, 0.4) is 0 Å². The Morgan fingerprint density at radius 2 is 1.90 bits per heavy atom. The molecule has 1 fully saturated rings. The van der Waals surface area contributed by atoms with Gasteiger partial charge in [0.25, 0.3) is 0 Å². The maximum absolute atomic E-state index is 11.1. The Labute approximate surface area is 126 Å². The molecule has 21 heavy (non-hydrogen) atoms. The summed E-state index contributed by atoms with van der Waals surface area (Å²) in [6, 6.07) is 5.58. The van der Waals surface area contributed by atoms with Gasteiger partial charge in [0.1, 0.15) is 0 Å². The van der Waals surface area contributed by atoms with Crippen LogP contribution < -0.4 is 4.90 Å². The quantitative estimate of drug-likeness (QED) is 0.904. The molecule has 1 aromatic rings. The molecule has 0 saturated carbocycles. The molecule has 3 rings (SSSR count). The molecule has 0 amide bonds. The van der Waals surface area contributed by atoms with Crippen molar-refractivity contribution in [2.75, 3.05) is 37.6 Å². The normalized spacial score (nSPS) is 18.8. The first-order valence-corrected chi connectivity index (χ1v) is 8.07. The van der Waals surface area contributed by atoms with E-state index < -0.39 is 5.97 Å². The minimum atomic E-state index is -0.830. The Morgan fingerprint density at radius 1 is 1.10 bits per heavy atom. The number of fused-ring (bicyclic) bond motifs is 1. The Bertz CT molecular complexity index is 510. The minimum Gasteiger partial charge on any atom is -0.478 e. The number of hydrogen-bond acceptors (Lipinski definition) is 3.